The average Bonchev–Trinajstić information content (AvgIpc) is 3.02. The maximum absolute atomic E-state index is 12.2. The predicted octanol–water partition coefficient (Wildman–Crippen LogP) is 2.74. The standard InChI is InChI=1S/C31H56O10S.Na/c1-2-3-4-5-6-7-8-9-10-11-12-13-14-15-16-17-18-19-20-21-28(33)39-24-31(23-32)25-40-29(34)22-27(42(36,37)38)30(35)41-26-31;/h27,32H,2-26H2,1H3,(H,36,37,38);/q;+1/p-1. The van der Waals surface area contributed by atoms with Crippen LogP contribution in [-0.4, -0.2) is 67.7 Å². The van der Waals surface area contributed by atoms with Crippen LogP contribution in [0.15, 0.2) is 0 Å². The van der Waals surface area contributed by atoms with Crippen molar-refractivity contribution in [3.8, 4) is 0 Å². The fraction of sp³-hybridized carbons (Fsp3) is 0.903. The van der Waals surface area contributed by atoms with Gasteiger partial charge in [0, 0.05) is 6.42 Å². The number of unbranched alkanes of at least 4 members (excludes halogenated alkanes) is 18. The third kappa shape index (κ3) is 20.8. The largest absolute Gasteiger partial charge is 1.00 e. The van der Waals surface area contributed by atoms with Crippen LogP contribution < -0.4 is 29.6 Å². The number of aliphatic hydroxyl groups is 1. The van der Waals surface area contributed by atoms with Crippen LogP contribution in [0.4, 0.5) is 0 Å². The molecule has 0 aromatic heterocycles. The van der Waals surface area contributed by atoms with Gasteiger partial charge in [0.25, 0.3) is 0 Å². The quantitative estimate of drug-likeness (QED) is 0.0546. The van der Waals surface area contributed by atoms with Gasteiger partial charge >= 0.3 is 47.5 Å². The number of aliphatic hydroxyl groups excluding tert-OH is 1. The first-order chi connectivity index (χ1) is 20.1. The van der Waals surface area contributed by atoms with Gasteiger partial charge in [0.1, 0.15) is 29.9 Å². The molecule has 2 unspecified atom stereocenters. The summed E-state index contributed by atoms with van der Waals surface area (Å²) in [6.07, 6.45) is 23.1. The summed E-state index contributed by atoms with van der Waals surface area (Å²) in [6, 6.07) is 0. The molecule has 1 N–H and O–H groups in total. The van der Waals surface area contributed by atoms with Gasteiger partial charge in [0.05, 0.1) is 18.4 Å². The van der Waals surface area contributed by atoms with E-state index in [0.717, 1.165) is 19.3 Å². The molecule has 1 saturated heterocycles. The van der Waals surface area contributed by atoms with Gasteiger partial charge in [-0.1, -0.05) is 122 Å². The maximum Gasteiger partial charge on any atom is 1.00 e. The van der Waals surface area contributed by atoms with Gasteiger partial charge < -0.3 is 23.9 Å². The molecule has 1 aliphatic heterocycles. The van der Waals surface area contributed by atoms with Gasteiger partial charge in [0.2, 0.25) is 0 Å². The van der Waals surface area contributed by atoms with Gasteiger partial charge in [-0.15, -0.1) is 0 Å². The SMILES string of the molecule is CCCCCCCCCCCCCCCCCCCCCC(=O)OCC1(CO)COC(=O)CC(S(=O)(=O)[O-])C(=O)OC1.[Na+]. The summed E-state index contributed by atoms with van der Waals surface area (Å²) in [4.78, 5) is 36.2. The van der Waals surface area contributed by atoms with Crippen LogP contribution in [-0.2, 0) is 38.7 Å². The number of hydrogen-bond acceptors (Lipinski definition) is 10. The van der Waals surface area contributed by atoms with E-state index in [2.05, 4.69) is 6.92 Å². The van der Waals surface area contributed by atoms with Gasteiger partial charge in [-0.2, -0.15) is 0 Å². The molecule has 0 aliphatic carbocycles. The molecule has 10 nitrogen and oxygen atoms in total. The summed E-state index contributed by atoms with van der Waals surface area (Å²) in [7, 11) is -5.14. The topological polar surface area (TPSA) is 156 Å². The zero-order valence-electron chi connectivity index (χ0n) is 26.8. The van der Waals surface area contributed by atoms with Gasteiger partial charge in [-0.25, -0.2) is 8.42 Å². The number of hydrogen-bond donors (Lipinski definition) is 1. The van der Waals surface area contributed by atoms with E-state index in [1.807, 2.05) is 0 Å². The Balaban J connectivity index is 0.0000176. The molecule has 0 saturated carbocycles. The molecule has 12 heteroatoms. The Hall–Kier alpha value is -0.720. The van der Waals surface area contributed by atoms with E-state index >= 15 is 0 Å². The summed E-state index contributed by atoms with van der Waals surface area (Å²) in [5.41, 5.74) is -1.45. The maximum atomic E-state index is 12.2. The summed E-state index contributed by atoms with van der Waals surface area (Å²) in [5, 5.41) is 7.63. The predicted molar refractivity (Wildman–Crippen MR) is 159 cm³/mol. The molecule has 1 aliphatic rings. The first kappa shape index (κ1) is 42.3. The van der Waals surface area contributed by atoms with Crippen LogP contribution in [0.2, 0.25) is 0 Å². The summed E-state index contributed by atoms with van der Waals surface area (Å²) in [5.74, 6) is -2.99. The molecule has 0 bridgehead atoms. The Morgan fingerprint density at radius 2 is 1.23 bits per heavy atom. The van der Waals surface area contributed by atoms with Crippen molar-refractivity contribution in [1.29, 1.82) is 0 Å². The second-order valence-electron chi connectivity index (χ2n) is 11.9. The minimum Gasteiger partial charge on any atom is -0.747 e. The van der Waals surface area contributed by atoms with E-state index in [-0.39, 0.29) is 36.0 Å². The third-order valence-electron chi connectivity index (χ3n) is 7.88. The Morgan fingerprint density at radius 1 is 0.814 bits per heavy atom. The molecular formula is C31H55NaO10S. The third-order valence-corrected chi connectivity index (χ3v) is 8.94. The van der Waals surface area contributed by atoms with Crippen molar-refractivity contribution in [3.05, 3.63) is 0 Å². The van der Waals surface area contributed by atoms with Gasteiger partial charge in [-0.05, 0) is 6.42 Å². The molecular weight excluding hydrogens is 587 g/mol. The molecule has 0 spiro atoms. The molecule has 1 rings (SSSR count). The smallest absolute Gasteiger partial charge is 0.747 e. The van der Waals surface area contributed by atoms with Crippen molar-refractivity contribution in [2.24, 2.45) is 5.41 Å². The van der Waals surface area contributed by atoms with E-state index in [4.69, 9.17) is 14.2 Å². The van der Waals surface area contributed by atoms with Gasteiger partial charge in [-0.3, -0.25) is 14.4 Å². The number of carbonyl (C=O) groups excluding carboxylic acids is 3. The van der Waals surface area contributed by atoms with E-state index in [1.54, 1.807) is 0 Å². The Morgan fingerprint density at radius 3 is 1.65 bits per heavy atom. The normalized spacial score (nSPS) is 19.4. The van der Waals surface area contributed by atoms with Crippen LogP contribution >= 0.6 is 0 Å². The second-order valence-corrected chi connectivity index (χ2v) is 13.4. The van der Waals surface area contributed by atoms with E-state index in [9.17, 15) is 32.5 Å². The van der Waals surface area contributed by atoms with Crippen LogP contribution in [0.1, 0.15) is 142 Å². The van der Waals surface area contributed by atoms with Crippen LogP contribution in [0.25, 0.3) is 0 Å². The molecule has 0 amide bonds. The average molecular weight is 643 g/mol. The monoisotopic (exact) mass is 642 g/mol. The van der Waals surface area contributed by atoms with Crippen molar-refractivity contribution in [2.75, 3.05) is 26.4 Å². The van der Waals surface area contributed by atoms with Crippen molar-refractivity contribution < 1.29 is 76.2 Å². The first-order valence-corrected chi connectivity index (χ1v) is 17.6. The summed E-state index contributed by atoms with van der Waals surface area (Å²) < 4.78 is 49.0. The van der Waals surface area contributed by atoms with Gasteiger partial charge in [0.15, 0.2) is 5.25 Å². The van der Waals surface area contributed by atoms with Crippen molar-refractivity contribution in [3.63, 3.8) is 0 Å². The molecule has 0 aromatic carbocycles. The second kappa shape index (κ2) is 25.5. The van der Waals surface area contributed by atoms with Crippen molar-refractivity contribution >= 4 is 28.0 Å². The molecule has 43 heavy (non-hydrogen) atoms. The molecule has 2 atom stereocenters. The molecule has 1 heterocycles. The zero-order valence-corrected chi connectivity index (χ0v) is 29.6. The molecule has 246 valence electrons. The molecule has 1 fully saturated rings. The van der Waals surface area contributed by atoms with E-state index in [1.165, 1.54) is 96.3 Å². The van der Waals surface area contributed by atoms with Crippen LogP contribution in [0.3, 0.4) is 0 Å². The van der Waals surface area contributed by atoms with E-state index < -0.39 is 71.5 Å². The summed E-state index contributed by atoms with van der Waals surface area (Å²) in [6.45, 7) is 0.169. The minimum absolute atomic E-state index is 0. The Labute approximate surface area is 281 Å². The number of esters is 3. The number of ether oxygens (including phenoxy) is 3. The number of carbonyl (C=O) groups is 3. The van der Waals surface area contributed by atoms with E-state index in [0.29, 0.717) is 6.42 Å². The number of cyclic esters (lactones) is 2. The fourth-order valence-electron chi connectivity index (χ4n) is 4.98. The summed E-state index contributed by atoms with van der Waals surface area (Å²) >= 11 is 0. The zero-order chi connectivity index (χ0) is 31.1. The Bertz CT molecular complexity index is 867. The van der Waals surface area contributed by atoms with Crippen molar-refractivity contribution in [2.45, 2.75) is 147 Å². The molecule has 0 radical (unpaired) electrons. The first-order valence-electron chi connectivity index (χ1n) is 16.2. The fourth-order valence-corrected chi connectivity index (χ4v) is 5.62. The Kier molecular flexibility index (Phi) is 25.0. The number of rotatable bonds is 24. The molecule has 0 aromatic rings. The van der Waals surface area contributed by atoms with Crippen LogP contribution in [0.5, 0.6) is 0 Å². The van der Waals surface area contributed by atoms with Crippen molar-refractivity contribution in [1.82, 2.24) is 0 Å². The minimum atomic E-state index is -5.14. The van der Waals surface area contributed by atoms with Crippen LogP contribution in [0, 0.1) is 5.41 Å².